The van der Waals surface area contributed by atoms with E-state index in [1.54, 1.807) is 0 Å². The zero-order chi connectivity index (χ0) is 11.4. The first kappa shape index (κ1) is 11.0. The Labute approximate surface area is 94.2 Å². The van der Waals surface area contributed by atoms with Crippen LogP contribution in [0.3, 0.4) is 0 Å². The summed E-state index contributed by atoms with van der Waals surface area (Å²) in [5.74, 6) is -0.590. The summed E-state index contributed by atoms with van der Waals surface area (Å²) in [5.41, 5.74) is 0.856. The molecule has 1 fully saturated rings. The number of nitrogens with zero attached hydrogens (tertiary/aromatic N) is 2. The zero-order valence-corrected chi connectivity index (χ0v) is 9.00. The number of carbonyl (C=O) groups excluding carboxylic acids is 1. The lowest BCUT2D eigenvalue weighted by atomic mass is 10.1. The standard InChI is InChI=1S/C12H14N2O2/c15-12(13-16)11(14-8-4-5-9-14)10-6-2-1-3-7-10/h1-3,6-7,11H,4-5,8-9H2/t11-/m1/s1. The van der Waals surface area contributed by atoms with E-state index in [9.17, 15) is 9.70 Å². The van der Waals surface area contributed by atoms with E-state index in [0.29, 0.717) is 0 Å². The molecule has 1 aliphatic rings. The van der Waals surface area contributed by atoms with Gasteiger partial charge in [0.05, 0.1) is 0 Å². The molecule has 0 aliphatic carbocycles. The molecule has 4 nitrogen and oxygen atoms in total. The molecule has 4 heteroatoms. The first-order valence-electron chi connectivity index (χ1n) is 5.49. The third-order valence-corrected chi connectivity index (χ3v) is 2.95. The van der Waals surface area contributed by atoms with Gasteiger partial charge in [-0.15, -0.1) is 4.91 Å². The van der Waals surface area contributed by atoms with Crippen LogP contribution in [0.4, 0.5) is 0 Å². The van der Waals surface area contributed by atoms with E-state index in [1.807, 2.05) is 35.2 Å². The van der Waals surface area contributed by atoms with Gasteiger partial charge >= 0.3 is 5.91 Å². The molecule has 16 heavy (non-hydrogen) atoms. The van der Waals surface area contributed by atoms with Gasteiger partial charge in [0.2, 0.25) is 0 Å². The van der Waals surface area contributed by atoms with Crippen molar-refractivity contribution in [2.75, 3.05) is 13.1 Å². The van der Waals surface area contributed by atoms with Crippen LogP contribution < -0.4 is 0 Å². The molecule has 0 spiro atoms. The van der Waals surface area contributed by atoms with Crippen molar-refractivity contribution in [3.63, 3.8) is 0 Å². The second-order valence-electron chi connectivity index (χ2n) is 3.99. The molecule has 0 saturated carbocycles. The molecule has 1 saturated heterocycles. The number of rotatable bonds is 3. The molecule has 1 heterocycles. The second-order valence-corrected chi connectivity index (χ2v) is 3.99. The Kier molecular flexibility index (Phi) is 3.41. The molecule has 84 valence electrons. The predicted molar refractivity (Wildman–Crippen MR) is 60.8 cm³/mol. The average Bonchev–Trinajstić information content (AvgIpc) is 2.84. The molecule has 0 radical (unpaired) electrons. The summed E-state index contributed by atoms with van der Waals surface area (Å²) in [6.07, 6.45) is 2.16. The Balaban J connectivity index is 2.27. The topological polar surface area (TPSA) is 49.7 Å². The Bertz CT molecular complexity index is 372. The summed E-state index contributed by atoms with van der Waals surface area (Å²) in [7, 11) is 0. The molecule has 1 aromatic rings. The first-order chi connectivity index (χ1) is 7.83. The van der Waals surface area contributed by atoms with Crippen LogP contribution in [0.25, 0.3) is 0 Å². The highest BCUT2D eigenvalue weighted by Crippen LogP contribution is 2.26. The lowest BCUT2D eigenvalue weighted by Crippen LogP contribution is -2.30. The van der Waals surface area contributed by atoms with E-state index < -0.39 is 11.9 Å². The quantitative estimate of drug-likeness (QED) is 0.730. The molecule has 0 bridgehead atoms. The molecule has 1 amide bonds. The fourth-order valence-corrected chi connectivity index (χ4v) is 2.19. The highest BCUT2D eigenvalue weighted by Gasteiger charge is 2.30. The van der Waals surface area contributed by atoms with Crippen LogP contribution >= 0.6 is 0 Å². The van der Waals surface area contributed by atoms with E-state index in [1.165, 1.54) is 0 Å². The van der Waals surface area contributed by atoms with Crippen LogP contribution in [-0.2, 0) is 4.79 Å². The molecule has 1 aliphatic heterocycles. The van der Waals surface area contributed by atoms with E-state index in [0.717, 1.165) is 31.5 Å². The van der Waals surface area contributed by atoms with Crippen molar-refractivity contribution in [3.05, 3.63) is 40.8 Å². The van der Waals surface area contributed by atoms with Gasteiger partial charge in [-0.1, -0.05) is 30.3 Å². The number of likely N-dealkylation sites (tertiary alicyclic amines) is 1. The highest BCUT2D eigenvalue weighted by molar-refractivity contribution is 5.83. The Hall–Kier alpha value is -1.55. The molecule has 0 aromatic heterocycles. The summed E-state index contributed by atoms with van der Waals surface area (Å²) >= 11 is 0. The van der Waals surface area contributed by atoms with Crippen LogP contribution in [0.1, 0.15) is 24.4 Å². The molecule has 0 unspecified atom stereocenters. The lowest BCUT2D eigenvalue weighted by Gasteiger charge is -2.23. The minimum atomic E-state index is -0.590. The van der Waals surface area contributed by atoms with Gasteiger partial charge in [0, 0.05) is 5.18 Å². The summed E-state index contributed by atoms with van der Waals surface area (Å²) < 4.78 is 0. The van der Waals surface area contributed by atoms with Crippen molar-refractivity contribution in [2.24, 2.45) is 5.18 Å². The van der Waals surface area contributed by atoms with Gasteiger partial charge in [0.15, 0.2) is 0 Å². The lowest BCUT2D eigenvalue weighted by molar-refractivity contribution is -0.123. The van der Waals surface area contributed by atoms with Gasteiger partial charge in [-0.25, -0.2) is 0 Å². The fourth-order valence-electron chi connectivity index (χ4n) is 2.19. The van der Waals surface area contributed by atoms with Gasteiger partial charge in [0.25, 0.3) is 0 Å². The van der Waals surface area contributed by atoms with Crippen LogP contribution in [0.2, 0.25) is 0 Å². The van der Waals surface area contributed by atoms with Gasteiger partial charge in [-0.3, -0.25) is 9.69 Å². The second kappa shape index (κ2) is 4.99. The number of carbonyl (C=O) groups is 1. The largest absolute Gasteiger partial charge is 0.307 e. The third kappa shape index (κ3) is 2.17. The maximum atomic E-state index is 11.6. The number of amides is 1. The minimum absolute atomic E-state index is 0.485. The summed E-state index contributed by atoms with van der Waals surface area (Å²) in [6, 6.07) is 8.88. The molecule has 2 rings (SSSR count). The minimum Gasteiger partial charge on any atom is -0.288 e. The van der Waals surface area contributed by atoms with Gasteiger partial charge < -0.3 is 0 Å². The van der Waals surface area contributed by atoms with Crippen molar-refractivity contribution in [3.8, 4) is 0 Å². The normalized spacial score (nSPS) is 18.2. The van der Waals surface area contributed by atoms with Crippen molar-refractivity contribution >= 4 is 5.91 Å². The van der Waals surface area contributed by atoms with E-state index in [4.69, 9.17) is 0 Å². The molecule has 1 atom stereocenters. The van der Waals surface area contributed by atoms with Gasteiger partial charge in [0.1, 0.15) is 6.04 Å². The third-order valence-electron chi connectivity index (χ3n) is 2.95. The van der Waals surface area contributed by atoms with Crippen LogP contribution in [0, 0.1) is 4.91 Å². The van der Waals surface area contributed by atoms with Crippen molar-refractivity contribution < 1.29 is 4.79 Å². The molecular weight excluding hydrogens is 204 g/mol. The van der Waals surface area contributed by atoms with Crippen molar-refractivity contribution in [2.45, 2.75) is 18.9 Å². The SMILES string of the molecule is O=NC(=O)[C@@H](c1ccccc1)N1CCCC1. The maximum absolute atomic E-state index is 11.6. The van der Waals surface area contributed by atoms with Crippen LogP contribution in [-0.4, -0.2) is 23.9 Å². The van der Waals surface area contributed by atoms with Crippen molar-refractivity contribution in [1.82, 2.24) is 4.90 Å². The van der Waals surface area contributed by atoms with E-state index in [-0.39, 0.29) is 0 Å². The van der Waals surface area contributed by atoms with Gasteiger partial charge in [-0.2, -0.15) is 0 Å². The van der Waals surface area contributed by atoms with Crippen LogP contribution in [0.5, 0.6) is 0 Å². The van der Waals surface area contributed by atoms with Crippen LogP contribution in [0.15, 0.2) is 35.5 Å². The Morgan fingerprint density at radius 3 is 2.38 bits per heavy atom. The van der Waals surface area contributed by atoms with E-state index >= 15 is 0 Å². The molecule has 0 N–H and O–H groups in total. The Morgan fingerprint density at radius 2 is 1.81 bits per heavy atom. The zero-order valence-electron chi connectivity index (χ0n) is 9.00. The summed E-state index contributed by atoms with van der Waals surface area (Å²) in [5, 5.41) is 2.58. The number of hydrogen-bond donors (Lipinski definition) is 0. The Morgan fingerprint density at radius 1 is 1.19 bits per heavy atom. The summed E-state index contributed by atoms with van der Waals surface area (Å²) in [6.45, 7) is 1.72. The molecular formula is C12H14N2O2. The number of nitroso groups, excluding NO2 is 1. The fraction of sp³-hybridized carbons (Fsp3) is 0.417. The number of hydrogen-bond acceptors (Lipinski definition) is 3. The highest BCUT2D eigenvalue weighted by atomic mass is 16.3. The average molecular weight is 218 g/mol. The monoisotopic (exact) mass is 218 g/mol. The summed E-state index contributed by atoms with van der Waals surface area (Å²) in [4.78, 5) is 24.1. The molecule has 1 aromatic carbocycles. The number of benzene rings is 1. The van der Waals surface area contributed by atoms with Crippen molar-refractivity contribution in [1.29, 1.82) is 0 Å². The maximum Gasteiger partial charge on any atom is 0.307 e. The smallest absolute Gasteiger partial charge is 0.288 e. The van der Waals surface area contributed by atoms with Gasteiger partial charge in [-0.05, 0) is 31.5 Å². The first-order valence-corrected chi connectivity index (χ1v) is 5.49. The van der Waals surface area contributed by atoms with E-state index in [2.05, 4.69) is 5.18 Å². The predicted octanol–water partition coefficient (Wildman–Crippen LogP) is 2.12.